The lowest BCUT2D eigenvalue weighted by molar-refractivity contribution is -0.136. The van der Waals surface area contributed by atoms with Gasteiger partial charge in [0.15, 0.2) is 0 Å². The van der Waals surface area contributed by atoms with Crippen LogP contribution in [0.5, 0.6) is 0 Å². The summed E-state index contributed by atoms with van der Waals surface area (Å²) < 4.78 is 0. The van der Waals surface area contributed by atoms with Crippen molar-refractivity contribution in [2.75, 3.05) is 26.0 Å². The molecule has 2 N–H and O–H groups in total. The van der Waals surface area contributed by atoms with Crippen LogP contribution in [-0.2, 0) is 9.59 Å². The molecule has 0 aromatic heterocycles. The van der Waals surface area contributed by atoms with Crippen LogP contribution in [0.25, 0.3) is 10.8 Å². The number of amides is 2. The molecule has 0 spiro atoms. The Kier molecular flexibility index (Phi) is 6.52. The van der Waals surface area contributed by atoms with Crippen LogP contribution in [0.4, 0.5) is 5.69 Å². The van der Waals surface area contributed by atoms with Gasteiger partial charge in [0.2, 0.25) is 0 Å². The van der Waals surface area contributed by atoms with Crippen molar-refractivity contribution in [1.82, 2.24) is 10.2 Å². The second kappa shape index (κ2) is 9.07. The van der Waals surface area contributed by atoms with E-state index in [9.17, 15) is 9.59 Å². The molecule has 3 aromatic rings. The van der Waals surface area contributed by atoms with Crippen LogP contribution in [0.3, 0.4) is 0 Å². The fraction of sp³-hybridized carbons (Fsp3) is 0.217. The maximum absolute atomic E-state index is 12.4. The number of halogens is 1. The minimum absolute atomic E-state index is 0.0780. The SMILES string of the molecule is Cc1c(Cl)cccc1NC(=O)C(=O)NC[C@@H](c1cccc2ccccc12)N(C)C. The molecular weight excluding hydrogens is 386 g/mol. The van der Waals surface area contributed by atoms with E-state index in [-0.39, 0.29) is 6.04 Å². The van der Waals surface area contributed by atoms with Gasteiger partial charge in [-0.2, -0.15) is 0 Å². The predicted molar refractivity (Wildman–Crippen MR) is 118 cm³/mol. The Morgan fingerprint density at radius 2 is 1.66 bits per heavy atom. The summed E-state index contributed by atoms with van der Waals surface area (Å²) in [5.74, 6) is -1.40. The van der Waals surface area contributed by atoms with E-state index in [1.54, 1.807) is 25.1 Å². The number of carbonyl (C=O) groups is 2. The molecule has 0 saturated heterocycles. The van der Waals surface area contributed by atoms with E-state index in [0.29, 0.717) is 17.3 Å². The van der Waals surface area contributed by atoms with Crippen molar-refractivity contribution in [3.8, 4) is 0 Å². The molecule has 0 fully saturated rings. The molecule has 0 heterocycles. The molecule has 29 heavy (non-hydrogen) atoms. The van der Waals surface area contributed by atoms with E-state index in [2.05, 4.69) is 34.9 Å². The molecule has 6 heteroatoms. The van der Waals surface area contributed by atoms with Gasteiger partial charge in [-0.15, -0.1) is 0 Å². The lowest BCUT2D eigenvalue weighted by Gasteiger charge is -2.26. The summed E-state index contributed by atoms with van der Waals surface area (Å²) in [6.07, 6.45) is 0. The summed E-state index contributed by atoms with van der Waals surface area (Å²) in [6.45, 7) is 2.10. The summed E-state index contributed by atoms with van der Waals surface area (Å²) in [4.78, 5) is 26.7. The molecule has 150 valence electrons. The van der Waals surface area contributed by atoms with Crippen molar-refractivity contribution >= 4 is 39.9 Å². The predicted octanol–water partition coefficient (Wildman–Crippen LogP) is 4.16. The van der Waals surface area contributed by atoms with Gasteiger partial charge in [-0.3, -0.25) is 9.59 Å². The van der Waals surface area contributed by atoms with Gasteiger partial charge in [-0.1, -0.05) is 60.1 Å². The van der Waals surface area contributed by atoms with Crippen molar-refractivity contribution in [2.24, 2.45) is 0 Å². The van der Waals surface area contributed by atoms with Crippen molar-refractivity contribution in [3.05, 3.63) is 76.8 Å². The van der Waals surface area contributed by atoms with Crippen LogP contribution in [0.15, 0.2) is 60.7 Å². The molecule has 0 bridgehead atoms. The van der Waals surface area contributed by atoms with Gasteiger partial charge >= 0.3 is 11.8 Å². The summed E-state index contributed by atoms with van der Waals surface area (Å²) in [6, 6.07) is 19.3. The lowest BCUT2D eigenvalue weighted by Crippen LogP contribution is -2.40. The average Bonchev–Trinajstić information content (AvgIpc) is 2.71. The molecule has 0 unspecified atom stereocenters. The highest BCUT2D eigenvalue weighted by Gasteiger charge is 2.21. The fourth-order valence-corrected chi connectivity index (χ4v) is 3.48. The van der Waals surface area contributed by atoms with Crippen LogP contribution >= 0.6 is 11.6 Å². The zero-order valence-electron chi connectivity index (χ0n) is 16.7. The quantitative estimate of drug-likeness (QED) is 0.622. The van der Waals surface area contributed by atoms with Crippen molar-refractivity contribution in [2.45, 2.75) is 13.0 Å². The topological polar surface area (TPSA) is 61.4 Å². The third-order valence-electron chi connectivity index (χ3n) is 4.98. The van der Waals surface area contributed by atoms with Crippen molar-refractivity contribution in [1.29, 1.82) is 0 Å². The monoisotopic (exact) mass is 409 g/mol. The van der Waals surface area contributed by atoms with Crippen LogP contribution < -0.4 is 10.6 Å². The molecule has 1 atom stereocenters. The highest BCUT2D eigenvalue weighted by atomic mass is 35.5. The standard InChI is InChI=1S/C23H24ClN3O2/c1-15-19(24)12-7-13-20(15)26-23(29)22(28)25-14-21(27(2)3)18-11-6-9-16-8-4-5-10-17(16)18/h4-13,21H,14H2,1-3H3,(H,25,28)(H,26,29)/t21-/m0/s1. The number of anilines is 1. The summed E-state index contributed by atoms with van der Waals surface area (Å²) >= 11 is 6.07. The lowest BCUT2D eigenvalue weighted by atomic mass is 9.98. The first-order valence-electron chi connectivity index (χ1n) is 9.37. The molecule has 0 aliphatic heterocycles. The van der Waals surface area contributed by atoms with E-state index in [1.807, 2.05) is 37.2 Å². The molecule has 0 aliphatic rings. The normalized spacial score (nSPS) is 12.0. The maximum atomic E-state index is 12.4. The second-order valence-electron chi connectivity index (χ2n) is 7.12. The first kappa shape index (κ1) is 20.8. The third-order valence-corrected chi connectivity index (χ3v) is 5.39. The van der Waals surface area contributed by atoms with Gasteiger partial charge in [0.25, 0.3) is 0 Å². The second-order valence-corrected chi connectivity index (χ2v) is 7.53. The fourth-order valence-electron chi connectivity index (χ4n) is 3.30. The summed E-state index contributed by atoms with van der Waals surface area (Å²) in [7, 11) is 3.90. The van der Waals surface area contributed by atoms with Crippen LogP contribution in [0.2, 0.25) is 5.02 Å². The minimum Gasteiger partial charge on any atom is -0.346 e. The van der Waals surface area contributed by atoms with Gasteiger partial charge in [0, 0.05) is 17.3 Å². The number of benzene rings is 3. The van der Waals surface area contributed by atoms with Gasteiger partial charge in [0.1, 0.15) is 0 Å². The number of fused-ring (bicyclic) bond motifs is 1. The highest BCUT2D eigenvalue weighted by molar-refractivity contribution is 6.40. The van der Waals surface area contributed by atoms with Crippen molar-refractivity contribution in [3.63, 3.8) is 0 Å². The van der Waals surface area contributed by atoms with Gasteiger partial charge in [0.05, 0.1) is 6.04 Å². The first-order valence-corrected chi connectivity index (χ1v) is 9.74. The Morgan fingerprint density at radius 1 is 0.966 bits per heavy atom. The van der Waals surface area contributed by atoms with E-state index < -0.39 is 11.8 Å². The van der Waals surface area contributed by atoms with Gasteiger partial charge in [-0.05, 0) is 55.1 Å². The number of hydrogen-bond donors (Lipinski definition) is 2. The Morgan fingerprint density at radius 3 is 2.41 bits per heavy atom. The van der Waals surface area contributed by atoms with Crippen LogP contribution in [0, 0.1) is 6.92 Å². The van der Waals surface area contributed by atoms with Gasteiger partial charge in [-0.25, -0.2) is 0 Å². The molecule has 0 radical (unpaired) electrons. The van der Waals surface area contributed by atoms with E-state index in [4.69, 9.17) is 11.6 Å². The van der Waals surface area contributed by atoms with E-state index >= 15 is 0 Å². The van der Waals surface area contributed by atoms with Crippen LogP contribution in [-0.4, -0.2) is 37.4 Å². The number of rotatable bonds is 5. The third kappa shape index (κ3) is 4.75. The molecule has 3 aromatic carbocycles. The van der Waals surface area contributed by atoms with Gasteiger partial charge < -0.3 is 15.5 Å². The number of carbonyl (C=O) groups excluding carboxylic acids is 2. The average molecular weight is 410 g/mol. The number of nitrogens with zero attached hydrogens (tertiary/aromatic N) is 1. The Labute approximate surface area is 175 Å². The maximum Gasteiger partial charge on any atom is 0.313 e. The smallest absolute Gasteiger partial charge is 0.313 e. The minimum atomic E-state index is -0.717. The number of likely N-dealkylation sites (N-methyl/N-ethyl adjacent to an activating group) is 1. The zero-order chi connectivity index (χ0) is 21.0. The first-order chi connectivity index (χ1) is 13.9. The molecule has 3 rings (SSSR count). The molecule has 0 saturated carbocycles. The van der Waals surface area contributed by atoms with E-state index in [1.165, 1.54) is 0 Å². The summed E-state index contributed by atoms with van der Waals surface area (Å²) in [5.41, 5.74) is 2.34. The molecule has 2 amide bonds. The largest absolute Gasteiger partial charge is 0.346 e. The van der Waals surface area contributed by atoms with Crippen molar-refractivity contribution < 1.29 is 9.59 Å². The zero-order valence-corrected chi connectivity index (χ0v) is 17.5. The Hall–Kier alpha value is -2.89. The summed E-state index contributed by atoms with van der Waals surface area (Å²) in [5, 5.41) is 8.18. The Bertz CT molecular complexity index is 1040. The molecule has 0 aliphatic carbocycles. The molecule has 5 nitrogen and oxygen atoms in total. The van der Waals surface area contributed by atoms with Crippen LogP contribution in [0.1, 0.15) is 17.2 Å². The highest BCUT2D eigenvalue weighted by Crippen LogP contribution is 2.27. The molecular formula is C23H24ClN3O2. The number of nitrogens with one attached hydrogen (secondary N) is 2. The Balaban J connectivity index is 1.72. The number of hydrogen-bond acceptors (Lipinski definition) is 3. The van der Waals surface area contributed by atoms with E-state index in [0.717, 1.165) is 21.9 Å².